The molecule has 0 spiro atoms. The van der Waals surface area contributed by atoms with E-state index in [0.29, 0.717) is 0 Å². The zero-order valence-electron chi connectivity index (χ0n) is 8.25. The van der Waals surface area contributed by atoms with Crippen molar-refractivity contribution in [2.75, 3.05) is 6.61 Å². The van der Waals surface area contributed by atoms with Gasteiger partial charge in [-0.1, -0.05) is 15.9 Å². The van der Waals surface area contributed by atoms with E-state index in [0.717, 1.165) is 4.47 Å². The Morgan fingerprint density at radius 1 is 1.35 bits per heavy atom. The number of benzene rings is 1. The second kappa shape index (κ2) is 3.99. The largest absolute Gasteiger partial charge is 0.430 e. The van der Waals surface area contributed by atoms with Gasteiger partial charge in [0.1, 0.15) is 5.75 Å². The average Bonchev–Trinajstić information content (AvgIpc) is 3.01. The molecule has 0 amide bonds. The lowest BCUT2D eigenvalue weighted by Crippen LogP contribution is -2.43. The van der Waals surface area contributed by atoms with Crippen LogP contribution in [0.1, 0.15) is 0 Å². The molecule has 0 bridgehead atoms. The minimum absolute atomic E-state index is 0.0392. The number of rotatable bonds is 2. The van der Waals surface area contributed by atoms with Crippen molar-refractivity contribution in [2.24, 2.45) is 0 Å². The van der Waals surface area contributed by atoms with E-state index in [4.69, 9.17) is 0 Å². The normalized spacial score (nSPS) is 23.3. The number of carbonyl (C=O) groups is 1. The van der Waals surface area contributed by atoms with E-state index >= 15 is 0 Å². The van der Waals surface area contributed by atoms with Crippen LogP contribution in [0.25, 0.3) is 0 Å². The highest BCUT2D eigenvalue weighted by molar-refractivity contribution is 9.10. The third-order valence-electron chi connectivity index (χ3n) is 2.24. The van der Waals surface area contributed by atoms with Crippen LogP contribution in [-0.4, -0.2) is 24.4 Å². The first-order valence-electron chi connectivity index (χ1n) is 4.54. The Morgan fingerprint density at radius 3 is 2.29 bits per heavy atom. The van der Waals surface area contributed by atoms with Crippen LogP contribution in [0.4, 0.5) is 13.2 Å². The molecule has 1 aliphatic rings. The van der Waals surface area contributed by atoms with Crippen molar-refractivity contribution in [2.45, 2.75) is 11.8 Å². The van der Waals surface area contributed by atoms with Crippen LogP contribution in [0.3, 0.4) is 0 Å². The maximum Gasteiger partial charge on any atom is 0.430 e. The van der Waals surface area contributed by atoms with Crippen molar-refractivity contribution in [3.05, 3.63) is 28.7 Å². The molecule has 0 unspecified atom stereocenters. The van der Waals surface area contributed by atoms with Crippen LogP contribution in [0, 0.1) is 0 Å². The summed E-state index contributed by atoms with van der Waals surface area (Å²) in [5, 5.41) is 0. The van der Waals surface area contributed by atoms with Gasteiger partial charge in [0.05, 0.1) is 6.61 Å². The van der Waals surface area contributed by atoms with Crippen LogP contribution in [0.5, 0.6) is 5.75 Å². The molecule has 1 atom stereocenters. The average molecular weight is 311 g/mol. The van der Waals surface area contributed by atoms with Crippen molar-refractivity contribution in [1.29, 1.82) is 0 Å². The number of carbonyl (C=O) groups excluding carboxylic acids is 1. The number of esters is 1. The van der Waals surface area contributed by atoms with Gasteiger partial charge in [-0.3, -0.25) is 0 Å². The maximum atomic E-state index is 12.5. The van der Waals surface area contributed by atoms with E-state index in [1.807, 2.05) is 0 Å². The summed E-state index contributed by atoms with van der Waals surface area (Å²) in [4.78, 5) is 11.3. The molecule has 1 saturated heterocycles. The highest BCUT2D eigenvalue weighted by Crippen LogP contribution is 2.44. The summed E-state index contributed by atoms with van der Waals surface area (Å²) < 4.78 is 47.0. The summed E-state index contributed by atoms with van der Waals surface area (Å²) in [6.45, 7) is -0.689. The molecule has 0 N–H and O–H groups in total. The Hall–Kier alpha value is -1.08. The van der Waals surface area contributed by atoms with Gasteiger partial charge in [-0.2, -0.15) is 13.2 Å². The Balaban J connectivity index is 2.10. The van der Waals surface area contributed by atoms with Crippen LogP contribution in [0.2, 0.25) is 0 Å². The van der Waals surface area contributed by atoms with Gasteiger partial charge in [-0.15, -0.1) is 0 Å². The molecular weight excluding hydrogens is 305 g/mol. The molecule has 7 heteroatoms. The molecular formula is C10H6BrF3O3. The van der Waals surface area contributed by atoms with Gasteiger partial charge in [0.15, 0.2) is 0 Å². The summed E-state index contributed by atoms with van der Waals surface area (Å²) in [6, 6.07) is 5.87. The lowest BCUT2D eigenvalue weighted by atomic mass is 10.1. The quantitative estimate of drug-likeness (QED) is 0.479. The first-order valence-corrected chi connectivity index (χ1v) is 5.33. The van der Waals surface area contributed by atoms with Crippen molar-refractivity contribution in [3.63, 3.8) is 0 Å². The van der Waals surface area contributed by atoms with E-state index in [2.05, 4.69) is 25.4 Å². The molecule has 3 nitrogen and oxygen atoms in total. The van der Waals surface area contributed by atoms with E-state index in [-0.39, 0.29) is 5.75 Å². The minimum atomic E-state index is -4.75. The van der Waals surface area contributed by atoms with E-state index in [1.165, 1.54) is 12.1 Å². The summed E-state index contributed by atoms with van der Waals surface area (Å²) in [6.07, 6.45) is -4.75. The zero-order chi connectivity index (χ0) is 12.7. The monoisotopic (exact) mass is 310 g/mol. The van der Waals surface area contributed by atoms with E-state index in [9.17, 15) is 18.0 Å². The lowest BCUT2D eigenvalue weighted by molar-refractivity contribution is -0.198. The van der Waals surface area contributed by atoms with E-state index < -0.39 is 24.4 Å². The molecule has 1 heterocycles. The third kappa shape index (κ3) is 2.30. The number of hydrogen-bond donors (Lipinski definition) is 0. The Kier molecular flexibility index (Phi) is 2.90. The van der Waals surface area contributed by atoms with Gasteiger partial charge < -0.3 is 9.47 Å². The molecule has 1 aromatic carbocycles. The summed E-state index contributed by atoms with van der Waals surface area (Å²) >= 11 is 3.15. The molecule has 1 aromatic rings. The third-order valence-corrected chi connectivity index (χ3v) is 2.77. The van der Waals surface area contributed by atoms with Crippen LogP contribution < -0.4 is 4.74 Å². The van der Waals surface area contributed by atoms with Gasteiger partial charge >= 0.3 is 12.1 Å². The van der Waals surface area contributed by atoms with Gasteiger partial charge in [-0.25, -0.2) is 4.79 Å². The van der Waals surface area contributed by atoms with Crippen molar-refractivity contribution < 1.29 is 27.4 Å². The number of ether oxygens (including phenoxy) is 2. The maximum absolute atomic E-state index is 12.5. The molecule has 0 aliphatic carbocycles. The first-order chi connectivity index (χ1) is 7.85. The fourth-order valence-electron chi connectivity index (χ4n) is 1.16. The molecule has 92 valence electrons. The predicted octanol–water partition coefficient (Wildman–Crippen LogP) is 2.69. The van der Waals surface area contributed by atoms with Gasteiger partial charge in [-0.05, 0) is 24.3 Å². The molecule has 0 aromatic heterocycles. The number of alkyl halides is 3. The highest BCUT2D eigenvalue weighted by Gasteiger charge is 2.73. The zero-order valence-corrected chi connectivity index (χ0v) is 9.84. The standard InChI is InChI=1S/C10H6BrF3O3/c11-6-1-3-7(4-2-6)17-8(15)9(5-16-9)10(12,13)14/h1-4H,5H2/t9-/m1/s1. The Morgan fingerprint density at radius 2 is 1.88 bits per heavy atom. The molecule has 17 heavy (non-hydrogen) atoms. The van der Waals surface area contributed by atoms with Crippen molar-refractivity contribution in [1.82, 2.24) is 0 Å². The Labute approximate surface area is 103 Å². The van der Waals surface area contributed by atoms with Crippen molar-refractivity contribution >= 4 is 21.9 Å². The minimum Gasteiger partial charge on any atom is -0.424 e. The number of epoxide rings is 1. The molecule has 1 fully saturated rings. The Bertz CT molecular complexity index is 437. The molecule has 2 rings (SSSR count). The first kappa shape index (κ1) is 12.4. The van der Waals surface area contributed by atoms with Crippen LogP contribution in [-0.2, 0) is 9.53 Å². The van der Waals surface area contributed by atoms with Crippen LogP contribution in [0.15, 0.2) is 28.7 Å². The van der Waals surface area contributed by atoms with Gasteiger partial charge in [0.25, 0.3) is 5.60 Å². The summed E-state index contributed by atoms with van der Waals surface area (Å²) in [7, 11) is 0. The highest BCUT2D eigenvalue weighted by atomic mass is 79.9. The summed E-state index contributed by atoms with van der Waals surface area (Å²) in [5.41, 5.74) is -2.78. The second-order valence-electron chi connectivity index (χ2n) is 3.46. The lowest BCUT2D eigenvalue weighted by Gasteiger charge is -2.14. The number of hydrogen-bond acceptors (Lipinski definition) is 3. The topological polar surface area (TPSA) is 38.8 Å². The van der Waals surface area contributed by atoms with Gasteiger partial charge in [0, 0.05) is 4.47 Å². The molecule has 0 radical (unpaired) electrons. The van der Waals surface area contributed by atoms with E-state index in [1.54, 1.807) is 12.1 Å². The smallest absolute Gasteiger partial charge is 0.424 e. The van der Waals surface area contributed by atoms with Crippen molar-refractivity contribution in [3.8, 4) is 5.75 Å². The number of halogens is 4. The SMILES string of the molecule is O=C(Oc1ccc(Br)cc1)[C@@]1(C(F)(F)F)CO1. The second-order valence-corrected chi connectivity index (χ2v) is 4.37. The molecule has 1 aliphatic heterocycles. The fourth-order valence-corrected chi connectivity index (χ4v) is 1.43. The predicted molar refractivity (Wildman–Crippen MR) is 54.5 cm³/mol. The van der Waals surface area contributed by atoms with Crippen LogP contribution >= 0.6 is 15.9 Å². The molecule has 0 saturated carbocycles. The fraction of sp³-hybridized carbons (Fsp3) is 0.300. The summed E-state index contributed by atoms with van der Waals surface area (Å²) in [5.74, 6) is -1.40. The van der Waals surface area contributed by atoms with Gasteiger partial charge in [0.2, 0.25) is 0 Å².